The Labute approximate surface area is 259 Å². The molecule has 0 saturated carbocycles. The van der Waals surface area contributed by atoms with Crippen molar-refractivity contribution in [3.05, 3.63) is 132 Å². The van der Waals surface area contributed by atoms with Crippen LogP contribution >= 0.6 is 0 Å². The quantitative estimate of drug-likeness (QED) is 0.202. The van der Waals surface area contributed by atoms with Gasteiger partial charge in [-0.3, -0.25) is 13.9 Å². The smallest absolute Gasteiger partial charge is 0.264 e. The van der Waals surface area contributed by atoms with E-state index in [0.717, 1.165) is 15.4 Å². The molecule has 1 atom stereocenters. The Morgan fingerprint density at radius 3 is 1.95 bits per heavy atom. The lowest BCUT2D eigenvalue weighted by molar-refractivity contribution is -0.140. The second kappa shape index (κ2) is 14.8. The SMILES string of the molecule is CCNC(=O)[C@@H](Cc1ccccc1)N(Cc1ccc(F)cc1)C(=O)CN(c1ccc(C(C)C)cc1)S(=O)(=O)c1ccccc1. The average Bonchev–Trinajstić information content (AvgIpc) is 3.03. The van der Waals surface area contributed by atoms with Gasteiger partial charge in [0.15, 0.2) is 0 Å². The van der Waals surface area contributed by atoms with Gasteiger partial charge in [0.25, 0.3) is 10.0 Å². The van der Waals surface area contributed by atoms with Gasteiger partial charge in [0.1, 0.15) is 18.4 Å². The minimum absolute atomic E-state index is 0.0285. The first kappa shape index (κ1) is 32.4. The van der Waals surface area contributed by atoms with Crippen LogP contribution in [0.15, 0.2) is 114 Å². The van der Waals surface area contributed by atoms with Crippen molar-refractivity contribution >= 4 is 27.5 Å². The Morgan fingerprint density at radius 2 is 1.39 bits per heavy atom. The molecule has 7 nitrogen and oxygen atoms in total. The normalized spacial score (nSPS) is 12.0. The summed E-state index contributed by atoms with van der Waals surface area (Å²) in [4.78, 5) is 29.3. The summed E-state index contributed by atoms with van der Waals surface area (Å²) in [6.45, 7) is 5.64. The molecule has 0 heterocycles. The van der Waals surface area contributed by atoms with Crippen molar-refractivity contribution in [2.45, 2.75) is 50.6 Å². The fourth-order valence-corrected chi connectivity index (χ4v) is 6.34. The van der Waals surface area contributed by atoms with E-state index in [0.29, 0.717) is 17.8 Å². The van der Waals surface area contributed by atoms with Crippen molar-refractivity contribution in [3.63, 3.8) is 0 Å². The lowest BCUT2D eigenvalue weighted by Crippen LogP contribution is -2.53. The number of nitrogens with zero attached hydrogens (tertiary/aromatic N) is 2. The van der Waals surface area contributed by atoms with E-state index in [4.69, 9.17) is 0 Å². The van der Waals surface area contributed by atoms with Crippen LogP contribution in [0.25, 0.3) is 0 Å². The third kappa shape index (κ3) is 8.11. The van der Waals surface area contributed by atoms with Crippen LogP contribution in [-0.2, 0) is 32.6 Å². The third-order valence-electron chi connectivity index (χ3n) is 7.35. The lowest BCUT2D eigenvalue weighted by Gasteiger charge is -2.34. The fourth-order valence-electron chi connectivity index (χ4n) is 4.91. The number of rotatable bonds is 13. The highest BCUT2D eigenvalue weighted by Crippen LogP contribution is 2.27. The summed E-state index contributed by atoms with van der Waals surface area (Å²) in [7, 11) is -4.17. The maximum absolute atomic E-state index is 14.4. The minimum Gasteiger partial charge on any atom is -0.355 e. The molecule has 0 aliphatic carbocycles. The van der Waals surface area contributed by atoms with Crippen LogP contribution in [0.3, 0.4) is 0 Å². The molecule has 0 unspecified atom stereocenters. The first-order valence-corrected chi connectivity index (χ1v) is 16.1. The number of hydrogen-bond acceptors (Lipinski definition) is 4. The van der Waals surface area contributed by atoms with E-state index in [1.165, 1.54) is 29.2 Å². The second-order valence-electron chi connectivity index (χ2n) is 10.8. The van der Waals surface area contributed by atoms with Gasteiger partial charge in [0, 0.05) is 19.5 Å². The van der Waals surface area contributed by atoms with E-state index in [1.54, 1.807) is 49.4 Å². The number of anilines is 1. The van der Waals surface area contributed by atoms with Gasteiger partial charge in [0.05, 0.1) is 10.6 Å². The Hall–Kier alpha value is -4.50. The molecule has 0 bridgehead atoms. The molecule has 0 aliphatic rings. The standard InChI is InChI=1S/C35H38FN3O4S/c1-4-37-35(41)33(23-27-11-7-5-8-12-27)38(24-28-15-19-30(36)20-16-28)34(40)25-39(31-21-17-29(18-22-31)26(2)3)44(42,43)32-13-9-6-10-14-32/h5-22,26,33H,4,23-25H2,1-3H3,(H,37,41)/t33-/m1/s1. The Morgan fingerprint density at radius 1 is 0.795 bits per heavy atom. The number of likely N-dealkylation sites (N-methyl/N-ethyl adjacent to an activating group) is 1. The number of nitrogens with one attached hydrogen (secondary N) is 1. The van der Waals surface area contributed by atoms with Crippen molar-refractivity contribution in [3.8, 4) is 0 Å². The highest BCUT2D eigenvalue weighted by molar-refractivity contribution is 7.92. The summed E-state index contributed by atoms with van der Waals surface area (Å²) >= 11 is 0. The van der Waals surface area contributed by atoms with E-state index in [9.17, 15) is 22.4 Å². The number of sulfonamides is 1. The molecule has 4 rings (SSSR count). The van der Waals surface area contributed by atoms with Gasteiger partial charge >= 0.3 is 0 Å². The van der Waals surface area contributed by atoms with E-state index in [2.05, 4.69) is 5.32 Å². The van der Waals surface area contributed by atoms with Crippen LogP contribution in [0.5, 0.6) is 0 Å². The number of amides is 2. The number of hydrogen-bond donors (Lipinski definition) is 1. The van der Waals surface area contributed by atoms with Gasteiger partial charge in [0.2, 0.25) is 11.8 Å². The zero-order chi connectivity index (χ0) is 31.7. The number of carbonyl (C=O) groups excluding carboxylic acids is 2. The summed E-state index contributed by atoms with van der Waals surface area (Å²) in [6, 6.07) is 29.1. The van der Waals surface area contributed by atoms with Crippen LogP contribution in [0.4, 0.5) is 10.1 Å². The first-order chi connectivity index (χ1) is 21.1. The van der Waals surface area contributed by atoms with Crippen molar-refractivity contribution in [1.82, 2.24) is 10.2 Å². The van der Waals surface area contributed by atoms with Crippen LogP contribution < -0.4 is 9.62 Å². The molecule has 9 heteroatoms. The van der Waals surface area contributed by atoms with Crippen molar-refractivity contribution in [1.29, 1.82) is 0 Å². The van der Waals surface area contributed by atoms with E-state index in [-0.39, 0.29) is 29.7 Å². The second-order valence-corrected chi connectivity index (χ2v) is 12.7. The molecule has 0 aliphatic heterocycles. The van der Waals surface area contributed by atoms with E-state index < -0.39 is 34.3 Å². The van der Waals surface area contributed by atoms with E-state index in [1.807, 2.05) is 56.3 Å². The predicted octanol–water partition coefficient (Wildman–Crippen LogP) is 5.92. The molecule has 4 aromatic rings. The third-order valence-corrected chi connectivity index (χ3v) is 9.13. The monoisotopic (exact) mass is 615 g/mol. The van der Waals surface area contributed by atoms with Crippen molar-refractivity contribution < 1.29 is 22.4 Å². The minimum atomic E-state index is -4.17. The van der Waals surface area contributed by atoms with Crippen LogP contribution in [-0.4, -0.2) is 44.3 Å². The Kier molecular flexibility index (Phi) is 10.9. The summed E-state index contributed by atoms with van der Waals surface area (Å²) in [5, 5.41) is 2.83. The molecule has 1 N–H and O–H groups in total. The highest BCUT2D eigenvalue weighted by atomic mass is 32.2. The largest absolute Gasteiger partial charge is 0.355 e. The number of halogens is 1. The zero-order valence-corrected chi connectivity index (χ0v) is 26.0. The Balaban J connectivity index is 1.79. The van der Waals surface area contributed by atoms with Gasteiger partial charge in [-0.05, 0) is 65.9 Å². The summed E-state index contributed by atoms with van der Waals surface area (Å²) in [5.41, 5.74) is 2.78. The molecule has 0 fully saturated rings. The van der Waals surface area contributed by atoms with Crippen molar-refractivity contribution in [2.24, 2.45) is 0 Å². The van der Waals surface area contributed by atoms with Crippen LogP contribution in [0.2, 0.25) is 0 Å². The fraction of sp³-hybridized carbons (Fsp3) is 0.257. The maximum atomic E-state index is 14.4. The first-order valence-electron chi connectivity index (χ1n) is 14.6. The Bertz CT molecular complexity index is 1630. The highest BCUT2D eigenvalue weighted by Gasteiger charge is 2.34. The molecular weight excluding hydrogens is 577 g/mol. The van der Waals surface area contributed by atoms with Crippen LogP contribution in [0.1, 0.15) is 43.4 Å². The maximum Gasteiger partial charge on any atom is 0.264 e. The van der Waals surface area contributed by atoms with Gasteiger partial charge < -0.3 is 10.2 Å². The molecule has 0 aromatic heterocycles. The predicted molar refractivity (Wildman–Crippen MR) is 171 cm³/mol. The van der Waals surface area contributed by atoms with Gasteiger partial charge in [-0.15, -0.1) is 0 Å². The zero-order valence-electron chi connectivity index (χ0n) is 25.2. The number of benzene rings is 4. The molecule has 0 spiro atoms. The topological polar surface area (TPSA) is 86.8 Å². The molecule has 230 valence electrons. The summed E-state index contributed by atoms with van der Waals surface area (Å²) in [5.74, 6) is -1.15. The van der Waals surface area contributed by atoms with Crippen molar-refractivity contribution in [2.75, 3.05) is 17.4 Å². The van der Waals surface area contributed by atoms with Gasteiger partial charge in [-0.1, -0.05) is 86.6 Å². The average molecular weight is 616 g/mol. The van der Waals surface area contributed by atoms with Gasteiger partial charge in [-0.2, -0.15) is 0 Å². The summed E-state index contributed by atoms with van der Waals surface area (Å²) < 4.78 is 42.9. The molecule has 0 saturated heterocycles. The molecule has 0 radical (unpaired) electrons. The summed E-state index contributed by atoms with van der Waals surface area (Å²) in [6.07, 6.45) is 0.203. The molecule has 44 heavy (non-hydrogen) atoms. The molecule has 2 amide bonds. The van der Waals surface area contributed by atoms with Crippen LogP contribution in [0, 0.1) is 5.82 Å². The van der Waals surface area contributed by atoms with E-state index >= 15 is 0 Å². The number of carbonyl (C=O) groups is 2. The molecular formula is C35H38FN3O4S. The lowest BCUT2D eigenvalue weighted by atomic mass is 10.0. The molecule has 4 aromatic carbocycles. The van der Waals surface area contributed by atoms with Gasteiger partial charge in [-0.25, -0.2) is 12.8 Å².